The molecule has 0 radical (unpaired) electrons. The van der Waals surface area contributed by atoms with Gasteiger partial charge in [0.1, 0.15) is 11.9 Å². The van der Waals surface area contributed by atoms with Gasteiger partial charge in [0.25, 0.3) is 0 Å². The molecule has 5 nitrogen and oxygen atoms in total. The lowest BCUT2D eigenvalue weighted by Crippen LogP contribution is -2.21. The van der Waals surface area contributed by atoms with Crippen molar-refractivity contribution in [3.05, 3.63) is 17.6 Å². The van der Waals surface area contributed by atoms with Gasteiger partial charge >= 0.3 is 0 Å². The van der Waals surface area contributed by atoms with Crippen molar-refractivity contribution in [3.8, 4) is 0 Å². The average Bonchev–Trinajstić information content (AvgIpc) is 2.27. The van der Waals surface area contributed by atoms with Gasteiger partial charge in [0.2, 0.25) is 0 Å². The second-order valence-electron chi connectivity index (χ2n) is 5.79. The Morgan fingerprint density at radius 2 is 1.89 bits per heavy atom. The van der Waals surface area contributed by atoms with E-state index in [2.05, 4.69) is 50.0 Å². The molecule has 18 heavy (non-hydrogen) atoms. The molecule has 0 aliphatic heterocycles. The lowest BCUT2D eigenvalue weighted by atomic mass is 9.91. The lowest BCUT2D eigenvalue weighted by molar-refractivity contribution is 0.0572. The van der Waals surface area contributed by atoms with E-state index in [9.17, 15) is 0 Å². The summed E-state index contributed by atoms with van der Waals surface area (Å²) in [7, 11) is 1.67. The van der Waals surface area contributed by atoms with Gasteiger partial charge in [-0.1, -0.05) is 34.6 Å². The Morgan fingerprint density at radius 3 is 2.28 bits per heavy atom. The van der Waals surface area contributed by atoms with Crippen molar-refractivity contribution in [1.82, 2.24) is 9.97 Å². The van der Waals surface area contributed by atoms with Crippen molar-refractivity contribution >= 4 is 5.82 Å². The van der Waals surface area contributed by atoms with Gasteiger partial charge in [-0.2, -0.15) is 0 Å². The van der Waals surface area contributed by atoms with E-state index in [-0.39, 0.29) is 11.5 Å². The van der Waals surface area contributed by atoms with Gasteiger partial charge in [-0.3, -0.25) is 0 Å². The van der Waals surface area contributed by atoms with Crippen LogP contribution < -0.4 is 11.3 Å². The Morgan fingerprint density at radius 1 is 1.28 bits per heavy atom. The minimum Gasteiger partial charge on any atom is -0.373 e. The van der Waals surface area contributed by atoms with Crippen LogP contribution in [0, 0.1) is 5.92 Å². The number of nitrogens with one attached hydrogen (secondary N) is 1. The molecule has 1 rings (SSSR count). The maximum absolute atomic E-state index is 5.47. The summed E-state index contributed by atoms with van der Waals surface area (Å²) in [6.07, 6.45) is -0.126. The molecule has 1 aromatic heterocycles. The summed E-state index contributed by atoms with van der Waals surface area (Å²) >= 11 is 0. The zero-order valence-electron chi connectivity index (χ0n) is 12.1. The van der Waals surface area contributed by atoms with Crippen LogP contribution in [0.1, 0.15) is 52.2 Å². The molecular formula is C13H24N4O. The van der Waals surface area contributed by atoms with E-state index in [1.807, 2.05) is 6.07 Å². The quantitative estimate of drug-likeness (QED) is 0.636. The van der Waals surface area contributed by atoms with Crippen LogP contribution in [0.25, 0.3) is 0 Å². The maximum Gasteiger partial charge on any atom is 0.160 e. The topological polar surface area (TPSA) is 73.1 Å². The fraction of sp³-hybridized carbons (Fsp3) is 0.692. The number of hydrogen-bond donors (Lipinski definition) is 2. The number of hydrogen-bond acceptors (Lipinski definition) is 5. The van der Waals surface area contributed by atoms with Crippen molar-refractivity contribution in [2.45, 2.75) is 46.1 Å². The second-order valence-corrected chi connectivity index (χ2v) is 5.79. The zero-order valence-corrected chi connectivity index (χ0v) is 12.1. The minimum atomic E-state index is -0.126. The van der Waals surface area contributed by atoms with Crippen LogP contribution in [-0.4, -0.2) is 17.1 Å². The number of methoxy groups -OCH3 is 1. The number of rotatable bonds is 4. The highest BCUT2D eigenvalue weighted by atomic mass is 16.5. The molecule has 1 aromatic rings. The van der Waals surface area contributed by atoms with E-state index in [1.54, 1.807) is 7.11 Å². The first-order valence-corrected chi connectivity index (χ1v) is 6.18. The molecule has 0 saturated heterocycles. The molecule has 5 heteroatoms. The van der Waals surface area contributed by atoms with Crippen LogP contribution >= 0.6 is 0 Å². The lowest BCUT2D eigenvalue weighted by Gasteiger charge is -2.23. The van der Waals surface area contributed by atoms with Crippen molar-refractivity contribution in [3.63, 3.8) is 0 Å². The number of hydrazine groups is 1. The zero-order chi connectivity index (χ0) is 13.9. The van der Waals surface area contributed by atoms with Crippen molar-refractivity contribution in [2.24, 2.45) is 11.8 Å². The predicted molar refractivity (Wildman–Crippen MR) is 73.1 cm³/mol. The largest absolute Gasteiger partial charge is 0.373 e. The summed E-state index contributed by atoms with van der Waals surface area (Å²) in [5, 5.41) is 0. The highest BCUT2D eigenvalue weighted by molar-refractivity contribution is 5.37. The highest BCUT2D eigenvalue weighted by Crippen LogP contribution is 2.27. The Bertz CT molecular complexity index is 398. The molecule has 1 unspecified atom stereocenters. The van der Waals surface area contributed by atoms with Gasteiger partial charge in [-0.05, 0) is 5.92 Å². The summed E-state index contributed by atoms with van der Waals surface area (Å²) in [6.45, 7) is 10.5. The fourth-order valence-electron chi connectivity index (χ4n) is 1.73. The van der Waals surface area contributed by atoms with E-state index in [1.165, 1.54) is 0 Å². The number of aromatic nitrogens is 2. The average molecular weight is 252 g/mol. The molecular weight excluding hydrogens is 228 g/mol. The summed E-state index contributed by atoms with van der Waals surface area (Å²) in [5.74, 6) is 7.06. The van der Waals surface area contributed by atoms with Crippen LogP contribution in [0.5, 0.6) is 0 Å². The van der Waals surface area contributed by atoms with Gasteiger partial charge in [0.15, 0.2) is 5.82 Å². The first-order valence-electron chi connectivity index (χ1n) is 6.18. The molecule has 0 spiro atoms. The third kappa shape index (κ3) is 3.40. The third-order valence-corrected chi connectivity index (χ3v) is 2.77. The Kier molecular flexibility index (Phi) is 4.65. The summed E-state index contributed by atoms with van der Waals surface area (Å²) in [4.78, 5) is 9.00. The number of ether oxygens (including phenoxy) is 1. The van der Waals surface area contributed by atoms with Crippen LogP contribution in [0.4, 0.5) is 5.82 Å². The van der Waals surface area contributed by atoms with Gasteiger partial charge in [0.05, 0.1) is 5.69 Å². The van der Waals surface area contributed by atoms with Crippen LogP contribution in [0.3, 0.4) is 0 Å². The fourth-order valence-corrected chi connectivity index (χ4v) is 1.73. The van der Waals surface area contributed by atoms with E-state index in [4.69, 9.17) is 10.6 Å². The van der Waals surface area contributed by atoms with Crippen molar-refractivity contribution in [2.75, 3.05) is 12.5 Å². The van der Waals surface area contributed by atoms with Crippen molar-refractivity contribution < 1.29 is 4.74 Å². The predicted octanol–water partition coefficient (Wildman–Crippen LogP) is 2.40. The van der Waals surface area contributed by atoms with Crippen molar-refractivity contribution in [1.29, 1.82) is 0 Å². The molecule has 0 fully saturated rings. The number of nitrogen functional groups attached to an aromatic ring is 1. The number of nitrogens with zero attached hydrogens (tertiary/aromatic N) is 2. The Hall–Kier alpha value is -1.20. The molecule has 0 saturated carbocycles. The maximum atomic E-state index is 5.47. The summed E-state index contributed by atoms with van der Waals surface area (Å²) in [5.41, 5.74) is 3.48. The third-order valence-electron chi connectivity index (χ3n) is 2.77. The second kappa shape index (κ2) is 5.63. The molecule has 0 aliphatic carbocycles. The van der Waals surface area contributed by atoms with E-state index in [0.29, 0.717) is 17.6 Å². The molecule has 0 aromatic carbocycles. The van der Waals surface area contributed by atoms with E-state index in [0.717, 1.165) is 5.69 Å². The van der Waals surface area contributed by atoms with Crippen LogP contribution in [0.15, 0.2) is 6.07 Å². The molecule has 1 heterocycles. The smallest absolute Gasteiger partial charge is 0.160 e. The highest BCUT2D eigenvalue weighted by Gasteiger charge is 2.23. The summed E-state index contributed by atoms with van der Waals surface area (Å²) < 4.78 is 5.47. The van der Waals surface area contributed by atoms with E-state index < -0.39 is 0 Å². The number of anilines is 1. The van der Waals surface area contributed by atoms with Crippen LogP contribution in [-0.2, 0) is 10.2 Å². The van der Waals surface area contributed by atoms with Crippen LogP contribution in [0.2, 0.25) is 0 Å². The molecule has 3 N–H and O–H groups in total. The van der Waals surface area contributed by atoms with Gasteiger partial charge < -0.3 is 10.2 Å². The molecule has 1 atom stereocenters. The SMILES string of the molecule is COC(c1nc(NN)cc(C(C)(C)C)n1)C(C)C. The molecule has 0 bridgehead atoms. The molecule has 102 valence electrons. The van der Waals surface area contributed by atoms with Gasteiger partial charge in [0, 0.05) is 18.6 Å². The molecule has 0 amide bonds. The first-order chi connectivity index (χ1) is 8.29. The van der Waals surface area contributed by atoms with Gasteiger partial charge in [-0.15, -0.1) is 0 Å². The molecule has 0 aliphatic rings. The first kappa shape index (κ1) is 14.9. The standard InChI is InChI=1S/C13H24N4O/c1-8(2)11(18-6)12-15-9(13(3,4)5)7-10(16-12)17-14/h7-8,11H,14H2,1-6H3,(H,15,16,17). The summed E-state index contributed by atoms with van der Waals surface area (Å²) in [6, 6.07) is 1.87. The Labute approximate surface area is 109 Å². The minimum absolute atomic E-state index is 0.0570. The number of nitrogens with two attached hydrogens (primary N) is 1. The monoisotopic (exact) mass is 252 g/mol. The Balaban J connectivity index is 3.27. The normalized spacial score (nSPS) is 13.8. The van der Waals surface area contributed by atoms with Gasteiger partial charge in [-0.25, -0.2) is 15.8 Å². The van der Waals surface area contributed by atoms with E-state index >= 15 is 0 Å².